The standard InChI is InChI=1S/C24H24N6O9S2/c1-24(2,22(37)38)39-28-15(12-9-41-23(25)26-12)18(33)27-16-19(34)30-17(21(35)36)10(8-40-20(16)30)4-5-11-6-13(31)14(32)7-29(11)3/h4-7,9,16,20,32H,8H2,1-3H3,(H2,25,26)(H,27,33)(H,35,36)(H,37,38)/b5-4-,28-15+. The summed E-state index contributed by atoms with van der Waals surface area (Å²) in [6.45, 7) is 2.45. The molecule has 0 spiro atoms. The lowest BCUT2D eigenvalue weighted by Gasteiger charge is -2.49. The summed E-state index contributed by atoms with van der Waals surface area (Å²) in [6, 6.07) is 0.0569. The molecule has 2 atom stereocenters. The highest BCUT2D eigenvalue weighted by Crippen LogP contribution is 2.40. The molecule has 4 heterocycles. The molecule has 0 aromatic carbocycles. The molecular formula is C24H24N6O9S2. The monoisotopic (exact) mass is 604 g/mol. The number of nitrogen functional groups attached to an aromatic ring is 1. The number of carboxylic acids is 2. The van der Waals surface area contributed by atoms with Crippen LogP contribution in [-0.2, 0) is 31.1 Å². The highest BCUT2D eigenvalue weighted by molar-refractivity contribution is 8.00. The summed E-state index contributed by atoms with van der Waals surface area (Å²) >= 11 is 2.20. The van der Waals surface area contributed by atoms with Gasteiger partial charge in [-0.3, -0.25) is 19.3 Å². The van der Waals surface area contributed by atoms with Crippen molar-refractivity contribution in [3.8, 4) is 5.75 Å². The molecule has 0 aliphatic carbocycles. The number of allylic oxidation sites excluding steroid dienone is 1. The second-order valence-corrected chi connectivity index (χ2v) is 11.3. The number of aromatic nitrogens is 2. The van der Waals surface area contributed by atoms with Crippen molar-refractivity contribution < 1.29 is 39.3 Å². The van der Waals surface area contributed by atoms with Crippen molar-refractivity contribution in [1.82, 2.24) is 19.8 Å². The minimum atomic E-state index is -1.78. The topological polar surface area (TPSA) is 227 Å². The number of thioether (sulfide) groups is 1. The van der Waals surface area contributed by atoms with E-state index >= 15 is 0 Å². The molecule has 4 rings (SSSR count). The number of nitrogens with zero attached hydrogens (tertiary/aromatic N) is 4. The van der Waals surface area contributed by atoms with Gasteiger partial charge in [0.15, 0.2) is 16.6 Å². The Morgan fingerprint density at radius 1 is 1.27 bits per heavy atom. The lowest BCUT2D eigenvalue weighted by Crippen LogP contribution is -2.71. The molecule has 2 aliphatic rings. The maximum atomic E-state index is 13.2. The van der Waals surface area contributed by atoms with Crippen molar-refractivity contribution in [3.63, 3.8) is 0 Å². The predicted molar refractivity (Wildman–Crippen MR) is 148 cm³/mol. The third-order valence-electron chi connectivity index (χ3n) is 6.06. The van der Waals surface area contributed by atoms with Crippen molar-refractivity contribution in [1.29, 1.82) is 0 Å². The van der Waals surface area contributed by atoms with E-state index in [1.807, 2.05) is 0 Å². The zero-order chi connectivity index (χ0) is 30.2. The number of aryl methyl sites for hydroxylation is 1. The average molecular weight is 605 g/mol. The number of β-lactam (4-membered cyclic amide) rings is 1. The van der Waals surface area contributed by atoms with Gasteiger partial charge in [-0.1, -0.05) is 11.2 Å². The second-order valence-electron chi connectivity index (χ2n) is 9.35. The molecule has 1 saturated heterocycles. The number of oxime groups is 1. The smallest absolute Gasteiger partial charge is 0.352 e. The van der Waals surface area contributed by atoms with Crippen molar-refractivity contribution in [2.75, 3.05) is 11.5 Å². The van der Waals surface area contributed by atoms with Crippen molar-refractivity contribution in [3.05, 3.63) is 56.6 Å². The Kier molecular flexibility index (Phi) is 7.94. The lowest BCUT2D eigenvalue weighted by molar-refractivity contribution is -0.161. The van der Waals surface area contributed by atoms with Gasteiger partial charge in [-0.15, -0.1) is 23.1 Å². The summed E-state index contributed by atoms with van der Waals surface area (Å²) in [5.41, 5.74) is 3.25. The molecule has 0 bridgehead atoms. The van der Waals surface area contributed by atoms with Gasteiger partial charge >= 0.3 is 11.9 Å². The molecular weight excluding hydrogens is 580 g/mol. The molecule has 0 radical (unpaired) electrons. The number of nitrogens with one attached hydrogen (secondary N) is 1. The number of anilines is 1. The highest BCUT2D eigenvalue weighted by Gasteiger charge is 2.54. The predicted octanol–water partition coefficient (Wildman–Crippen LogP) is 0.166. The van der Waals surface area contributed by atoms with Gasteiger partial charge < -0.3 is 35.8 Å². The molecule has 0 saturated carbocycles. The van der Waals surface area contributed by atoms with Crippen LogP contribution in [0.15, 0.2) is 44.9 Å². The molecule has 6 N–H and O–H groups in total. The molecule has 15 nitrogen and oxygen atoms in total. The molecule has 1 fully saturated rings. The Hall–Kier alpha value is -4.64. The first-order valence-corrected chi connectivity index (χ1v) is 13.6. The second kappa shape index (κ2) is 11.1. The largest absolute Gasteiger partial charge is 0.503 e. The summed E-state index contributed by atoms with van der Waals surface area (Å²) in [6.07, 6.45) is 4.18. The van der Waals surface area contributed by atoms with E-state index in [1.165, 1.54) is 60.0 Å². The maximum absolute atomic E-state index is 13.2. The molecule has 17 heteroatoms. The van der Waals surface area contributed by atoms with Gasteiger partial charge in [-0.25, -0.2) is 14.6 Å². The molecule has 2 aromatic heterocycles. The van der Waals surface area contributed by atoms with E-state index < -0.39 is 57.7 Å². The zero-order valence-corrected chi connectivity index (χ0v) is 23.4. The van der Waals surface area contributed by atoms with Crippen molar-refractivity contribution in [2.24, 2.45) is 12.2 Å². The highest BCUT2D eigenvalue weighted by atomic mass is 32.2. The van der Waals surface area contributed by atoms with Gasteiger partial charge in [-0.2, -0.15) is 0 Å². The van der Waals surface area contributed by atoms with Crippen LogP contribution in [0.3, 0.4) is 0 Å². The normalized spacial score (nSPS) is 19.1. The number of carbonyl (C=O) groups is 4. The fraction of sp³-hybridized carbons (Fsp3) is 0.292. The maximum Gasteiger partial charge on any atom is 0.352 e. The quantitative estimate of drug-likeness (QED) is 0.147. The number of rotatable bonds is 9. The number of aliphatic carboxylic acids is 2. The van der Waals surface area contributed by atoms with E-state index in [0.29, 0.717) is 11.3 Å². The molecule has 2 unspecified atom stereocenters. The van der Waals surface area contributed by atoms with E-state index in [4.69, 9.17) is 10.6 Å². The number of hydrogen-bond donors (Lipinski definition) is 5. The van der Waals surface area contributed by atoms with Gasteiger partial charge in [0.25, 0.3) is 11.8 Å². The molecule has 2 aromatic rings. The van der Waals surface area contributed by atoms with E-state index in [9.17, 15) is 39.3 Å². The zero-order valence-electron chi connectivity index (χ0n) is 21.7. The van der Waals surface area contributed by atoms with Crippen LogP contribution in [0, 0.1) is 0 Å². The molecule has 2 aliphatic heterocycles. The number of hydrogen-bond acceptors (Lipinski definition) is 12. The third-order valence-corrected chi connectivity index (χ3v) is 8.03. The van der Waals surface area contributed by atoms with Crippen LogP contribution < -0.4 is 16.5 Å². The Labute approximate surface area is 239 Å². The first-order valence-electron chi connectivity index (χ1n) is 11.7. The lowest BCUT2D eigenvalue weighted by atomic mass is 10.0. The van der Waals surface area contributed by atoms with Gasteiger partial charge in [0, 0.05) is 36.1 Å². The first kappa shape index (κ1) is 29.3. The van der Waals surface area contributed by atoms with Crippen LogP contribution in [0.2, 0.25) is 0 Å². The Balaban J connectivity index is 1.57. The Bertz CT molecular complexity index is 1610. The number of aromatic hydroxyl groups is 1. The number of pyridine rings is 1. The number of carbonyl (C=O) groups excluding carboxylic acids is 2. The fourth-order valence-corrected chi connectivity index (χ4v) is 5.63. The van der Waals surface area contributed by atoms with Crippen LogP contribution >= 0.6 is 23.1 Å². The van der Waals surface area contributed by atoms with Crippen molar-refractivity contribution in [2.45, 2.75) is 30.9 Å². The minimum Gasteiger partial charge on any atom is -0.503 e. The number of amides is 2. The average Bonchev–Trinajstić information content (AvgIpc) is 3.33. The van der Waals surface area contributed by atoms with Crippen LogP contribution in [0.4, 0.5) is 5.13 Å². The van der Waals surface area contributed by atoms with Crippen LogP contribution in [0.5, 0.6) is 5.75 Å². The summed E-state index contributed by atoms with van der Waals surface area (Å²) < 4.78 is 1.48. The Morgan fingerprint density at radius 3 is 2.59 bits per heavy atom. The van der Waals surface area contributed by atoms with Gasteiger partial charge in [0.2, 0.25) is 11.0 Å². The summed E-state index contributed by atoms with van der Waals surface area (Å²) in [5.74, 6) is -4.58. The summed E-state index contributed by atoms with van der Waals surface area (Å²) in [5, 5.41) is 35.7. The number of fused-ring (bicyclic) bond motifs is 1. The summed E-state index contributed by atoms with van der Waals surface area (Å²) in [7, 11) is 1.59. The number of nitrogens with two attached hydrogens (primary N) is 1. The number of thiazole rings is 1. The molecule has 41 heavy (non-hydrogen) atoms. The number of carboxylic acid groups (broad SMARTS) is 2. The van der Waals surface area contributed by atoms with Crippen LogP contribution in [0.25, 0.3) is 6.08 Å². The van der Waals surface area contributed by atoms with E-state index in [2.05, 4.69) is 15.5 Å². The molecule has 2 amide bonds. The van der Waals surface area contributed by atoms with E-state index in [0.717, 1.165) is 16.2 Å². The molecule has 216 valence electrons. The van der Waals surface area contributed by atoms with Gasteiger partial charge in [0.1, 0.15) is 22.8 Å². The fourth-order valence-electron chi connectivity index (χ4n) is 3.76. The van der Waals surface area contributed by atoms with Gasteiger partial charge in [-0.05, 0) is 25.5 Å². The van der Waals surface area contributed by atoms with Crippen LogP contribution in [0.1, 0.15) is 25.2 Å². The van der Waals surface area contributed by atoms with E-state index in [-0.39, 0.29) is 22.3 Å². The van der Waals surface area contributed by atoms with Crippen LogP contribution in [-0.4, -0.2) is 82.0 Å². The minimum absolute atomic E-state index is 0.00621. The van der Waals surface area contributed by atoms with E-state index in [1.54, 1.807) is 7.05 Å². The van der Waals surface area contributed by atoms with Gasteiger partial charge in [0.05, 0.1) is 0 Å². The summed E-state index contributed by atoms with van der Waals surface area (Å²) in [4.78, 5) is 71.7. The van der Waals surface area contributed by atoms with Crippen molar-refractivity contribution >= 4 is 63.8 Å². The Morgan fingerprint density at radius 2 is 1.98 bits per heavy atom. The first-order chi connectivity index (χ1) is 19.2. The SMILES string of the molecule is Cn1cc(O)c(=O)cc1/C=C\C1=C(C(=O)O)N2C(=O)C(NC(=O)/C(=N/OC(C)(C)C(=O)O)c3csc(N)n3)C2SC1. The third kappa shape index (κ3) is 5.80.